The van der Waals surface area contributed by atoms with Gasteiger partial charge in [-0.05, 0) is 26.0 Å². The third-order valence-electron chi connectivity index (χ3n) is 2.85. The number of carbonyl (C=O) groups excluding carboxylic acids is 1. The van der Waals surface area contributed by atoms with Gasteiger partial charge in [0.2, 0.25) is 0 Å². The number of amides is 1. The van der Waals surface area contributed by atoms with E-state index in [0.29, 0.717) is 23.8 Å². The second kappa shape index (κ2) is 6.17. The summed E-state index contributed by atoms with van der Waals surface area (Å²) >= 11 is 7.42. The summed E-state index contributed by atoms with van der Waals surface area (Å²) in [7, 11) is 0. The molecule has 5 heteroatoms. The van der Waals surface area contributed by atoms with Crippen LogP contribution >= 0.6 is 22.9 Å². The lowest BCUT2D eigenvalue weighted by molar-refractivity contribution is 0.0768. The first-order valence-electron chi connectivity index (χ1n) is 6.16. The average Bonchev–Trinajstić information content (AvgIpc) is 2.89. The molecule has 100 valence electrons. The van der Waals surface area contributed by atoms with Gasteiger partial charge in [-0.15, -0.1) is 11.3 Å². The first-order valence-corrected chi connectivity index (χ1v) is 7.42. The van der Waals surface area contributed by atoms with Crippen LogP contribution < -0.4 is 0 Å². The van der Waals surface area contributed by atoms with Crippen molar-refractivity contribution in [3.05, 3.63) is 40.4 Å². The summed E-state index contributed by atoms with van der Waals surface area (Å²) in [6, 6.07) is 7.49. The Morgan fingerprint density at radius 3 is 2.74 bits per heavy atom. The van der Waals surface area contributed by atoms with Crippen molar-refractivity contribution < 1.29 is 4.79 Å². The molecule has 0 saturated carbocycles. The molecule has 0 N–H and O–H groups in total. The largest absolute Gasteiger partial charge is 0.338 e. The fourth-order valence-electron chi connectivity index (χ4n) is 1.80. The lowest BCUT2D eigenvalue weighted by Crippen LogP contribution is -2.30. The molecule has 19 heavy (non-hydrogen) atoms. The molecule has 2 rings (SSSR count). The molecule has 1 amide bonds. The average molecular weight is 295 g/mol. The van der Waals surface area contributed by atoms with Crippen molar-refractivity contribution in [1.82, 2.24) is 9.88 Å². The highest BCUT2D eigenvalue weighted by molar-refractivity contribution is 7.13. The third kappa shape index (κ3) is 3.14. The summed E-state index contributed by atoms with van der Waals surface area (Å²) in [4.78, 5) is 18.3. The van der Waals surface area contributed by atoms with Gasteiger partial charge in [-0.3, -0.25) is 4.79 Å². The summed E-state index contributed by atoms with van der Waals surface area (Å²) in [5.41, 5.74) is 1.44. The van der Waals surface area contributed by atoms with Gasteiger partial charge in [0.05, 0.1) is 0 Å². The minimum absolute atomic E-state index is 0.0190. The van der Waals surface area contributed by atoms with Crippen LogP contribution in [0, 0.1) is 0 Å². The topological polar surface area (TPSA) is 33.2 Å². The molecule has 1 aromatic heterocycles. The number of hydrogen-bond acceptors (Lipinski definition) is 3. The second-order valence-electron chi connectivity index (χ2n) is 4.03. The van der Waals surface area contributed by atoms with Crippen LogP contribution in [0.4, 0.5) is 0 Å². The van der Waals surface area contributed by atoms with E-state index in [2.05, 4.69) is 4.98 Å². The number of aromatic nitrogens is 1. The first-order chi connectivity index (χ1) is 9.15. The number of rotatable bonds is 4. The molecule has 0 aliphatic heterocycles. The van der Waals surface area contributed by atoms with E-state index in [1.807, 2.05) is 38.1 Å². The van der Waals surface area contributed by atoms with E-state index < -0.39 is 0 Å². The predicted octanol–water partition coefficient (Wildman–Crippen LogP) is 3.95. The van der Waals surface area contributed by atoms with E-state index in [0.717, 1.165) is 10.6 Å². The van der Waals surface area contributed by atoms with Crippen LogP contribution in [0.15, 0.2) is 29.6 Å². The van der Waals surface area contributed by atoms with Crippen LogP contribution in [0.1, 0.15) is 24.3 Å². The van der Waals surface area contributed by atoms with E-state index in [9.17, 15) is 4.79 Å². The van der Waals surface area contributed by atoms with Gasteiger partial charge >= 0.3 is 0 Å². The summed E-state index contributed by atoms with van der Waals surface area (Å²) in [5.74, 6) is -0.0190. The second-order valence-corrected chi connectivity index (χ2v) is 5.32. The molecule has 3 nitrogen and oxygen atoms in total. The zero-order valence-electron chi connectivity index (χ0n) is 10.9. The smallest absolute Gasteiger partial charge is 0.273 e. The van der Waals surface area contributed by atoms with Gasteiger partial charge in [-0.25, -0.2) is 4.98 Å². The van der Waals surface area contributed by atoms with Gasteiger partial charge in [0.15, 0.2) is 0 Å². The van der Waals surface area contributed by atoms with Crippen molar-refractivity contribution in [3.8, 4) is 10.6 Å². The number of thiazole rings is 1. The van der Waals surface area contributed by atoms with E-state index in [-0.39, 0.29) is 5.91 Å². The normalized spacial score (nSPS) is 10.5. The molecule has 2 aromatic rings. The van der Waals surface area contributed by atoms with Gasteiger partial charge < -0.3 is 4.90 Å². The Morgan fingerprint density at radius 2 is 2.11 bits per heavy atom. The van der Waals surface area contributed by atoms with Crippen LogP contribution in [0.2, 0.25) is 5.02 Å². The zero-order chi connectivity index (χ0) is 13.8. The van der Waals surface area contributed by atoms with Gasteiger partial charge in [0.1, 0.15) is 10.7 Å². The number of halogens is 1. The Bertz CT molecular complexity index is 578. The molecule has 0 atom stereocenters. The van der Waals surface area contributed by atoms with E-state index in [1.54, 1.807) is 10.3 Å². The first kappa shape index (κ1) is 14.0. The third-order valence-corrected chi connectivity index (χ3v) is 3.97. The monoisotopic (exact) mass is 294 g/mol. The lowest BCUT2D eigenvalue weighted by Gasteiger charge is -2.16. The maximum absolute atomic E-state index is 12.2. The van der Waals surface area contributed by atoms with Gasteiger partial charge in [-0.1, -0.05) is 23.7 Å². The highest BCUT2D eigenvalue weighted by Gasteiger charge is 2.16. The maximum Gasteiger partial charge on any atom is 0.273 e. The molecule has 0 radical (unpaired) electrons. The Kier molecular flexibility index (Phi) is 4.56. The summed E-state index contributed by atoms with van der Waals surface area (Å²) in [6.45, 7) is 5.32. The van der Waals surface area contributed by atoms with E-state index in [1.165, 1.54) is 11.3 Å². The van der Waals surface area contributed by atoms with E-state index >= 15 is 0 Å². The summed E-state index contributed by atoms with van der Waals surface area (Å²) in [6.07, 6.45) is 0. The molecule has 0 aliphatic rings. The fraction of sp³-hybridized carbons (Fsp3) is 0.286. The van der Waals surface area contributed by atoms with Crippen LogP contribution in [0.25, 0.3) is 10.6 Å². The minimum Gasteiger partial charge on any atom is -0.338 e. The molecule has 0 aliphatic carbocycles. The SMILES string of the molecule is CCN(CC)C(=O)c1csc(-c2cccc(Cl)c2)n1. The molecular weight excluding hydrogens is 280 g/mol. The number of nitrogens with zero attached hydrogens (tertiary/aromatic N) is 2. The maximum atomic E-state index is 12.2. The van der Waals surface area contributed by atoms with Crippen molar-refractivity contribution in [1.29, 1.82) is 0 Å². The predicted molar refractivity (Wildman–Crippen MR) is 79.8 cm³/mol. The van der Waals surface area contributed by atoms with Crippen LogP contribution in [-0.2, 0) is 0 Å². The molecule has 0 saturated heterocycles. The fourth-order valence-corrected chi connectivity index (χ4v) is 2.78. The summed E-state index contributed by atoms with van der Waals surface area (Å²) < 4.78 is 0. The lowest BCUT2D eigenvalue weighted by atomic mass is 10.2. The number of carbonyl (C=O) groups is 1. The van der Waals surface area contributed by atoms with Crippen molar-refractivity contribution in [2.75, 3.05) is 13.1 Å². The van der Waals surface area contributed by atoms with Crippen molar-refractivity contribution in [2.45, 2.75) is 13.8 Å². The van der Waals surface area contributed by atoms with Gasteiger partial charge in [0, 0.05) is 29.1 Å². The van der Waals surface area contributed by atoms with Gasteiger partial charge in [-0.2, -0.15) is 0 Å². The Hall–Kier alpha value is -1.39. The molecule has 0 fully saturated rings. The quantitative estimate of drug-likeness (QED) is 0.855. The number of hydrogen-bond donors (Lipinski definition) is 0. The zero-order valence-corrected chi connectivity index (χ0v) is 12.5. The van der Waals surface area contributed by atoms with Crippen molar-refractivity contribution in [2.24, 2.45) is 0 Å². The van der Waals surface area contributed by atoms with Crippen LogP contribution in [0.3, 0.4) is 0 Å². The molecule has 0 unspecified atom stereocenters. The minimum atomic E-state index is -0.0190. The Labute approximate surface area is 121 Å². The molecular formula is C14H15ClN2OS. The molecule has 1 heterocycles. The van der Waals surface area contributed by atoms with Crippen LogP contribution in [0.5, 0.6) is 0 Å². The van der Waals surface area contributed by atoms with Gasteiger partial charge in [0.25, 0.3) is 5.91 Å². The molecule has 0 bridgehead atoms. The van der Waals surface area contributed by atoms with Crippen LogP contribution in [-0.4, -0.2) is 28.9 Å². The highest BCUT2D eigenvalue weighted by Crippen LogP contribution is 2.26. The van der Waals surface area contributed by atoms with Crippen molar-refractivity contribution >= 4 is 28.8 Å². The Morgan fingerprint density at radius 1 is 1.37 bits per heavy atom. The standard InChI is InChI=1S/C14H15ClN2OS/c1-3-17(4-2)14(18)12-9-19-13(16-12)10-6-5-7-11(15)8-10/h5-9H,3-4H2,1-2H3. The molecule has 1 aromatic carbocycles. The summed E-state index contributed by atoms with van der Waals surface area (Å²) in [5, 5.41) is 3.29. The van der Waals surface area contributed by atoms with E-state index in [4.69, 9.17) is 11.6 Å². The highest BCUT2D eigenvalue weighted by atomic mass is 35.5. The number of benzene rings is 1. The van der Waals surface area contributed by atoms with Crippen molar-refractivity contribution in [3.63, 3.8) is 0 Å². The molecule has 0 spiro atoms. The Balaban J connectivity index is 2.26.